The van der Waals surface area contributed by atoms with Gasteiger partial charge in [0.25, 0.3) is 0 Å². The van der Waals surface area contributed by atoms with Gasteiger partial charge in [0.05, 0.1) is 0 Å². The van der Waals surface area contributed by atoms with Gasteiger partial charge < -0.3 is 5.32 Å². The summed E-state index contributed by atoms with van der Waals surface area (Å²) in [6.07, 6.45) is 2.95. The zero-order valence-electron chi connectivity index (χ0n) is 11.8. The highest BCUT2D eigenvalue weighted by molar-refractivity contribution is 6.43. The van der Waals surface area contributed by atoms with Gasteiger partial charge in [-0.1, -0.05) is 26.0 Å². The molecule has 108 valence electrons. The van der Waals surface area contributed by atoms with Crippen LogP contribution >= 0.6 is 0 Å². The summed E-state index contributed by atoms with van der Waals surface area (Å²) in [5.74, 6) is -1.07. The Morgan fingerprint density at radius 1 is 0.952 bits per heavy atom. The Bertz CT molecular complexity index is 624. The largest absolute Gasteiger partial charge is 0.318 e. The number of hydrogen-bond donors (Lipinski definition) is 2. The average molecular weight is 284 g/mol. The molecule has 2 aromatic rings. The average Bonchev–Trinajstić information content (AvgIpc) is 2.48. The predicted molar refractivity (Wildman–Crippen MR) is 79.8 cm³/mol. The Morgan fingerprint density at radius 2 is 1.52 bits per heavy atom. The van der Waals surface area contributed by atoms with Gasteiger partial charge in [-0.2, -0.15) is 0 Å². The highest BCUT2D eigenvalue weighted by Gasteiger charge is 2.15. The van der Waals surface area contributed by atoms with Crippen LogP contribution in [0.15, 0.2) is 42.7 Å². The first-order chi connectivity index (χ1) is 10.1. The third kappa shape index (κ3) is 4.10. The van der Waals surface area contributed by atoms with Gasteiger partial charge in [-0.05, 0) is 29.7 Å². The molecule has 2 rings (SSSR count). The van der Waals surface area contributed by atoms with Gasteiger partial charge >= 0.3 is 11.8 Å². The molecular weight excluding hydrogens is 268 g/mol. The summed E-state index contributed by atoms with van der Waals surface area (Å²) in [7, 11) is 0. The minimum absolute atomic E-state index is 0.0906. The van der Waals surface area contributed by atoms with Crippen molar-refractivity contribution in [3.63, 3.8) is 0 Å². The lowest BCUT2D eigenvalue weighted by Gasteiger charge is -2.08. The Balaban J connectivity index is 1.96. The van der Waals surface area contributed by atoms with E-state index in [1.54, 1.807) is 18.2 Å². The molecule has 0 spiro atoms. The zero-order valence-corrected chi connectivity index (χ0v) is 11.8. The van der Waals surface area contributed by atoms with E-state index < -0.39 is 11.8 Å². The van der Waals surface area contributed by atoms with Crippen LogP contribution in [0, 0.1) is 0 Å². The number of rotatable bonds is 3. The predicted octanol–water partition coefficient (Wildman–Crippen LogP) is 2.18. The van der Waals surface area contributed by atoms with Gasteiger partial charge in [-0.25, -0.2) is 9.97 Å². The second kappa shape index (κ2) is 6.60. The van der Waals surface area contributed by atoms with Gasteiger partial charge in [0.1, 0.15) is 0 Å². The van der Waals surface area contributed by atoms with Crippen molar-refractivity contribution in [1.82, 2.24) is 9.97 Å². The number of anilines is 2. The molecular formula is C15H16N4O2. The minimum Gasteiger partial charge on any atom is -0.318 e. The highest BCUT2D eigenvalue weighted by Crippen LogP contribution is 2.17. The third-order valence-corrected chi connectivity index (χ3v) is 2.83. The first kappa shape index (κ1) is 14.6. The number of amides is 2. The molecule has 6 heteroatoms. The molecule has 0 fully saturated rings. The second-order valence-corrected chi connectivity index (χ2v) is 4.76. The van der Waals surface area contributed by atoms with E-state index in [9.17, 15) is 9.59 Å². The first-order valence-electron chi connectivity index (χ1n) is 6.55. The first-order valence-corrected chi connectivity index (χ1v) is 6.55. The lowest BCUT2D eigenvalue weighted by Crippen LogP contribution is -2.29. The van der Waals surface area contributed by atoms with E-state index in [2.05, 4.69) is 34.4 Å². The van der Waals surface area contributed by atoms with Crippen molar-refractivity contribution in [2.75, 3.05) is 10.6 Å². The van der Waals surface area contributed by atoms with Crippen molar-refractivity contribution < 1.29 is 9.59 Å². The molecule has 1 aromatic carbocycles. The summed E-state index contributed by atoms with van der Waals surface area (Å²) < 4.78 is 0. The normalized spacial score (nSPS) is 10.2. The van der Waals surface area contributed by atoms with Crippen LogP contribution in [-0.2, 0) is 9.59 Å². The van der Waals surface area contributed by atoms with E-state index in [4.69, 9.17) is 0 Å². The van der Waals surface area contributed by atoms with Gasteiger partial charge in [0, 0.05) is 18.1 Å². The topological polar surface area (TPSA) is 84.0 Å². The molecule has 2 amide bonds. The van der Waals surface area contributed by atoms with Crippen LogP contribution in [0.3, 0.4) is 0 Å². The van der Waals surface area contributed by atoms with E-state index in [0.717, 1.165) is 5.56 Å². The van der Waals surface area contributed by atoms with Crippen molar-refractivity contribution in [2.24, 2.45) is 0 Å². The fourth-order valence-corrected chi connectivity index (χ4v) is 1.66. The lowest BCUT2D eigenvalue weighted by atomic mass is 10.0. The van der Waals surface area contributed by atoms with Gasteiger partial charge in [-0.3, -0.25) is 14.9 Å². The summed E-state index contributed by atoms with van der Waals surface area (Å²) in [5, 5.41) is 4.84. The standard InChI is InChI=1S/C15H16N4O2/c1-10(2)11-4-6-12(7-5-11)18-13(20)14(21)19-15-16-8-3-9-17-15/h3-10H,1-2H3,(H,18,20)(H,16,17,19,21). The highest BCUT2D eigenvalue weighted by atomic mass is 16.2. The Kier molecular flexibility index (Phi) is 4.61. The van der Waals surface area contributed by atoms with E-state index in [1.165, 1.54) is 12.4 Å². The molecule has 21 heavy (non-hydrogen) atoms. The Morgan fingerprint density at radius 3 is 2.10 bits per heavy atom. The number of nitrogens with zero attached hydrogens (tertiary/aromatic N) is 2. The molecule has 0 bridgehead atoms. The maximum atomic E-state index is 11.8. The molecule has 0 unspecified atom stereocenters. The quantitative estimate of drug-likeness (QED) is 0.846. The van der Waals surface area contributed by atoms with E-state index >= 15 is 0 Å². The summed E-state index contributed by atoms with van der Waals surface area (Å²) in [6.45, 7) is 4.17. The van der Waals surface area contributed by atoms with Gasteiger partial charge in [-0.15, -0.1) is 0 Å². The number of carbonyl (C=O) groups excluding carboxylic acids is 2. The smallest absolute Gasteiger partial charge is 0.316 e. The summed E-state index contributed by atoms with van der Waals surface area (Å²) in [4.78, 5) is 31.1. The molecule has 0 atom stereocenters. The van der Waals surface area contributed by atoms with Crippen LogP contribution in [0.2, 0.25) is 0 Å². The van der Waals surface area contributed by atoms with Crippen molar-refractivity contribution in [3.05, 3.63) is 48.3 Å². The van der Waals surface area contributed by atoms with Crippen LogP contribution in [-0.4, -0.2) is 21.8 Å². The van der Waals surface area contributed by atoms with Crippen LogP contribution in [0.4, 0.5) is 11.6 Å². The number of benzene rings is 1. The number of aromatic nitrogens is 2. The molecule has 0 radical (unpaired) electrons. The molecule has 0 aliphatic rings. The van der Waals surface area contributed by atoms with Crippen LogP contribution in [0.5, 0.6) is 0 Å². The van der Waals surface area contributed by atoms with Gasteiger partial charge in [0.15, 0.2) is 0 Å². The third-order valence-electron chi connectivity index (χ3n) is 2.83. The number of nitrogens with one attached hydrogen (secondary N) is 2. The lowest BCUT2D eigenvalue weighted by molar-refractivity contribution is -0.133. The van der Waals surface area contributed by atoms with E-state index in [-0.39, 0.29) is 5.95 Å². The zero-order chi connectivity index (χ0) is 15.2. The van der Waals surface area contributed by atoms with Crippen molar-refractivity contribution in [1.29, 1.82) is 0 Å². The van der Waals surface area contributed by atoms with Crippen LogP contribution in [0.25, 0.3) is 0 Å². The fraction of sp³-hybridized carbons (Fsp3) is 0.200. The summed E-state index contributed by atoms with van der Waals surface area (Å²) in [6, 6.07) is 8.97. The number of carbonyl (C=O) groups is 2. The molecule has 0 saturated carbocycles. The molecule has 0 aliphatic carbocycles. The van der Waals surface area contributed by atoms with Crippen LogP contribution < -0.4 is 10.6 Å². The fourth-order valence-electron chi connectivity index (χ4n) is 1.66. The van der Waals surface area contributed by atoms with E-state index in [0.29, 0.717) is 11.6 Å². The van der Waals surface area contributed by atoms with Crippen molar-refractivity contribution >= 4 is 23.5 Å². The molecule has 2 N–H and O–H groups in total. The SMILES string of the molecule is CC(C)c1ccc(NC(=O)C(=O)Nc2ncccn2)cc1. The molecule has 1 aromatic heterocycles. The monoisotopic (exact) mass is 284 g/mol. The summed E-state index contributed by atoms with van der Waals surface area (Å²) in [5.41, 5.74) is 1.73. The molecule has 0 saturated heterocycles. The van der Waals surface area contributed by atoms with Gasteiger partial charge in [0.2, 0.25) is 5.95 Å². The molecule has 0 aliphatic heterocycles. The second-order valence-electron chi connectivity index (χ2n) is 4.76. The Hall–Kier alpha value is -2.76. The van der Waals surface area contributed by atoms with E-state index in [1.807, 2.05) is 12.1 Å². The van der Waals surface area contributed by atoms with Crippen molar-refractivity contribution in [2.45, 2.75) is 19.8 Å². The van der Waals surface area contributed by atoms with Crippen LogP contribution in [0.1, 0.15) is 25.3 Å². The Labute approximate surface area is 122 Å². The minimum atomic E-state index is -0.811. The maximum absolute atomic E-state index is 11.8. The number of hydrogen-bond acceptors (Lipinski definition) is 4. The van der Waals surface area contributed by atoms with Crippen molar-refractivity contribution in [3.8, 4) is 0 Å². The maximum Gasteiger partial charge on any atom is 0.316 e. The molecule has 6 nitrogen and oxygen atoms in total. The molecule has 1 heterocycles. The summed E-state index contributed by atoms with van der Waals surface area (Å²) >= 11 is 0.